The van der Waals surface area contributed by atoms with Crippen LogP contribution in [0.25, 0.3) is 0 Å². The second kappa shape index (κ2) is 9.34. The second-order valence-corrected chi connectivity index (χ2v) is 5.65. The molecular formula is C15H26Cl2N4. The predicted molar refractivity (Wildman–Crippen MR) is 94.1 cm³/mol. The summed E-state index contributed by atoms with van der Waals surface area (Å²) in [5.41, 5.74) is 0. The Morgan fingerprint density at radius 3 is 2.24 bits per heavy atom. The fourth-order valence-corrected chi connectivity index (χ4v) is 2.87. The van der Waals surface area contributed by atoms with Gasteiger partial charge in [0.1, 0.15) is 11.6 Å². The lowest BCUT2D eigenvalue weighted by molar-refractivity contribution is 0.300. The van der Waals surface area contributed by atoms with Crippen molar-refractivity contribution in [3.05, 3.63) is 16.1 Å². The van der Waals surface area contributed by atoms with Crippen molar-refractivity contribution in [3.8, 4) is 0 Å². The van der Waals surface area contributed by atoms with Gasteiger partial charge in [-0.25, -0.2) is 4.98 Å². The fraction of sp³-hybridized carbons (Fsp3) is 0.667. The quantitative estimate of drug-likeness (QED) is 0.740. The van der Waals surface area contributed by atoms with Crippen LogP contribution in [0.15, 0.2) is 6.07 Å². The molecule has 0 aliphatic carbocycles. The Kier molecular flexibility index (Phi) is 8.15. The van der Waals surface area contributed by atoms with E-state index in [9.17, 15) is 0 Å². The first-order valence-corrected chi connectivity index (χ1v) is 8.33. The number of nitrogens with zero attached hydrogens (tertiary/aromatic N) is 3. The first-order valence-electron chi connectivity index (χ1n) is 7.58. The van der Waals surface area contributed by atoms with Crippen LogP contribution in [0.5, 0.6) is 0 Å². The zero-order chi connectivity index (χ0) is 15.8. The van der Waals surface area contributed by atoms with Crippen molar-refractivity contribution in [1.29, 1.82) is 0 Å². The van der Waals surface area contributed by atoms with Crippen molar-refractivity contribution in [2.45, 2.75) is 27.2 Å². The molecule has 0 aromatic carbocycles. The molecule has 1 heterocycles. The van der Waals surface area contributed by atoms with Crippen molar-refractivity contribution >= 4 is 34.8 Å². The van der Waals surface area contributed by atoms with Crippen LogP contribution in [-0.2, 0) is 0 Å². The van der Waals surface area contributed by atoms with Gasteiger partial charge in [0.2, 0.25) is 0 Å². The number of aromatic nitrogens is 1. The van der Waals surface area contributed by atoms with Gasteiger partial charge in [-0.3, -0.25) is 0 Å². The second-order valence-electron chi connectivity index (χ2n) is 4.83. The topological polar surface area (TPSA) is 31.4 Å². The van der Waals surface area contributed by atoms with Crippen molar-refractivity contribution in [3.63, 3.8) is 0 Å². The van der Waals surface area contributed by atoms with Gasteiger partial charge >= 0.3 is 0 Å². The summed E-state index contributed by atoms with van der Waals surface area (Å²) in [5.74, 6) is 1.46. The third-order valence-corrected chi connectivity index (χ3v) is 4.19. The highest BCUT2D eigenvalue weighted by molar-refractivity contribution is 6.37. The van der Waals surface area contributed by atoms with Gasteiger partial charge in [-0.2, -0.15) is 0 Å². The largest absolute Gasteiger partial charge is 0.372 e. The van der Waals surface area contributed by atoms with E-state index < -0.39 is 0 Å². The number of halogens is 2. The van der Waals surface area contributed by atoms with Crippen molar-refractivity contribution < 1.29 is 0 Å². The maximum atomic E-state index is 6.30. The van der Waals surface area contributed by atoms with Crippen LogP contribution in [0.4, 0.5) is 11.6 Å². The molecule has 0 saturated heterocycles. The SMILES string of the molecule is CCN(CC)CCCN(CC)c1nc(NC)c(Cl)cc1Cl. The Morgan fingerprint density at radius 2 is 1.71 bits per heavy atom. The molecule has 21 heavy (non-hydrogen) atoms. The molecule has 1 aromatic rings. The highest BCUT2D eigenvalue weighted by Gasteiger charge is 2.14. The monoisotopic (exact) mass is 332 g/mol. The molecule has 0 fully saturated rings. The first-order chi connectivity index (χ1) is 10.1. The molecule has 0 aliphatic heterocycles. The van der Waals surface area contributed by atoms with E-state index in [0.717, 1.165) is 45.0 Å². The molecule has 0 spiro atoms. The van der Waals surface area contributed by atoms with E-state index in [1.807, 2.05) is 7.05 Å². The van der Waals surface area contributed by atoms with Gasteiger partial charge in [-0.1, -0.05) is 37.0 Å². The van der Waals surface area contributed by atoms with E-state index in [0.29, 0.717) is 15.9 Å². The van der Waals surface area contributed by atoms with Crippen molar-refractivity contribution in [1.82, 2.24) is 9.88 Å². The molecule has 0 atom stereocenters. The summed E-state index contributed by atoms with van der Waals surface area (Å²) in [5, 5.41) is 4.15. The van der Waals surface area contributed by atoms with Crippen LogP contribution < -0.4 is 10.2 Å². The summed E-state index contributed by atoms with van der Waals surface area (Å²) in [4.78, 5) is 9.15. The molecule has 0 bridgehead atoms. The maximum absolute atomic E-state index is 6.30. The summed E-state index contributed by atoms with van der Waals surface area (Å²) in [7, 11) is 1.81. The van der Waals surface area contributed by atoms with Crippen LogP contribution in [0.3, 0.4) is 0 Å². The standard InChI is InChI=1S/C15H26Cl2N4/c1-5-20(6-2)9-8-10-21(7-3)15-13(17)11-12(16)14(18-4)19-15/h11H,5-10H2,1-4H3,(H,18,19). The lowest BCUT2D eigenvalue weighted by Crippen LogP contribution is -2.30. The number of hydrogen-bond donors (Lipinski definition) is 1. The normalized spacial score (nSPS) is 11.0. The van der Waals surface area contributed by atoms with E-state index in [1.165, 1.54) is 0 Å². The Balaban J connectivity index is 2.76. The number of rotatable bonds is 9. The third-order valence-electron chi connectivity index (χ3n) is 3.63. The molecule has 0 unspecified atom stereocenters. The molecule has 0 saturated carbocycles. The average Bonchev–Trinajstić information content (AvgIpc) is 2.49. The summed E-state index contributed by atoms with van der Waals surface area (Å²) < 4.78 is 0. The van der Waals surface area contributed by atoms with Crippen LogP contribution in [-0.4, -0.2) is 49.7 Å². The molecule has 0 aliphatic rings. The molecule has 1 N–H and O–H groups in total. The molecule has 0 amide bonds. The van der Waals surface area contributed by atoms with Crippen LogP contribution in [0, 0.1) is 0 Å². The lowest BCUT2D eigenvalue weighted by atomic mass is 10.3. The molecule has 6 heteroatoms. The highest BCUT2D eigenvalue weighted by Crippen LogP contribution is 2.31. The van der Waals surface area contributed by atoms with Gasteiger partial charge in [0, 0.05) is 20.1 Å². The number of nitrogens with one attached hydrogen (secondary N) is 1. The van der Waals surface area contributed by atoms with E-state index in [-0.39, 0.29) is 0 Å². The minimum atomic E-state index is 0.547. The zero-order valence-corrected chi connectivity index (χ0v) is 14.9. The summed E-state index contributed by atoms with van der Waals surface area (Å²) in [6, 6.07) is 1.75. The van der Waals surface area contributed by atoms with Gasteiger partial charge in [-0.15, -0.1) is 0 Å². The van der Waals surface area contributed by atoms with Crippen LogP contribution in [0.1, 0.15) is 27.2 Å². The van der Waals surface area contributed by atoms with Gasteiger partial charge in [0.25, 0.3) is 0 Å². The summed E-state index contributed by atoms with van der Waals surface area (Å²) >= 11 is 12.4. The van der Waals surface area contributed by atoms with Gasteiger partial charge in [-0.05, 0) is 39.0 Å². The van der Waals surface area contributed by atoms with E-state index in [1.54, 1.807) is 6.07 Å². The molecular weight excluding hydrogens is 307 g/mol. The molecule has 0 radical (unpaired) electrons. The number of anilines is 2. The Bertz CT molecular complexity index is 436. The summed E-state index contributed by atoms with van der Waals surface area (Å²) in [6.07, 6.45) is 1.09. The van der Waals surface area contributed by atoms with Crippen molar-refractivity contribution in [2.24, 2.45) is 0 Å². The van der Waals surface area contributed by atoms with Crippen molar-refractivity contribution in [2.75, 3.05) is 50.0 Å². The number of hydrogen-bond acceptors (Lipinski definition) is 4. The zero-order valence-electron chi connectivity index (χ0n) is 13.4. The molecule has 1 rings (SSSR count). The minimum absolute atomic E-state index is 0.547. The lowest BCUT2D eigenvalue weighted by Gasteiger charge is -2.25. The van der Waals surface area contributed by atoms with Crippen LogP contribution in [0.2, 0.25) is 10.0 Å². The first kappa shape index (κ1) is 18.3. The molecule has 1 aromatic heterocycles. The van der Waals surface area contributed by atoms with Gasteiger partial charge < -0.3 is 15.1 Å². The fourth-order valence-electron chi connectivity index (χ4n) is 2.29. The predicted octanol–water partition coefficient (Wildman–Crippen LogP) is 3.99. The smallest absolute Gasteiger partial charge is 0.149 e. The van der Waals surface area contributed by atoms with Gasteiger partial charge in [0.15, 0.2) is 0 Å². The third kappa shape index (κ3) is 5.20. The Morgan fingerprint density at radius 1 is 1.05 bits per heavy atom. The maximum Gasteiger partial charge on any atom is 0.149 e. The van der Waals surface area contributed by atoms with Crippen LogP contribution >= 0.6 is 23.2 Å². The minimum Gasteiger partial charge on any atom is -0.372 e. The van der Waals surface area contributed by atoms with E-state index in [2.05, 4.69) is 40.9 Å². The van der Waals surface area contributed by atoms with Gasteiger partial charge in [0.05, 0.1) is 10.0 Å². The van der Waals surface area contributed by atoms with E-state index in [4.69, 9.17) is 23.2 Å². The molecule has 120 valence electrons. The molecule has 4 nitrogen and oxygen atoms in total. The summed E-state index contributed by atoms with van der Waals surface area (Å²) in [6.45, 7) is 11.6. The van der Waals surface area contributed by atoms with E-state index >= 15 is 0 Å². The Labute approximate surface area is 138 Å². The highest BCUT2D eigenvalue weighted by atomic mass is 35.5. The Hall–Kier alpha value is -0.710. The number of pyridine rings is 1. The average molecular weight is 333 g/mol.